The van der Waals surface area contributed by atoms with Crippen LogP contribution >= 0.6 is 34.7 Å². The van der Waals surface area contributed by atoms with E-state index in [9.17, 15) is 9.18 Å². The van der Waals surface area contributed by atoms with Crippen LogP contribution in [0.1, 0.15) is 6.92 Å². The third-order valence-corrected chi connectivity index (χ3v) is 4.99. The molecule has 0 saturated carbocycles. The van der Waals surface area contributed by atoms with Crippen LogP contribution in [0.4, 0.5) is 15.2 Å². The number of anilines is 2. The first kappa shape index (κ1) is 17.7. The molecule has 1 aromatic carbocycles. The van der Waals surface area contributed by atoms with Crippen molar-refractivity contribution in [3.05, 3.63) is 41.7 Å². The van der Waals surface area contributed by atoms with Crippen LogP contribution in [0.3, 0.4) is 0 Å². The summed E-state index contributed by atoms with van der Waals surface area (Å²) in [5, 5.41) is 13.9. The Morgan fingerprint density at radius 2 is 2.35 bits per heavy atom. The minimum absolute atomic E-state index is 0.0369. The number of benzene rings is 1. The molecule has 0 aliphatic carbocycles. The first-order chi connectivity index (χ1) is 11.0. The van der Waals surface area contributed by atoms with Gasteiger partial charge in [0.2, 0.25) is 11.0 Å². The van der Waals surface area contributed by atoms with Crippen LogP contribution in [0.25, 0.3) is 0 Å². The molecule has 0 saturated heterocycles. The topological polar surface area (TPSA) is 66.9 Å². The third-order valence-electron chi connectivity index (χ3n) is 2.64. The zero-order chi connectivity index (χ0) is 16.8. The smallest absolute Gasteiger partial charge is 0.237 e. The fraction of sp³-hybridized carbons (Fsp3) is 0.214. The zero-order valence-electron chi connectivity index (χ0n) is 12.2. The molecule has 5 nitrogen and oxygen atoms in total. The molecule has 0 aliphatic rings. The molecule has 1 atom stereocenters. The van der Waals surface area contributed by atoms with Gasteiger partial charge in [-0.3, -0.25) is 4.79 Å². The molecule has 0 radical (unpaired) electrons. The molecule has 2 aromatic rings. The van der Waals surface area contributed by atoms with E-state index in [1.807, 2.05) is 0 Å². The van der Waals surface area contributed by atoms with E-state index < -0.39 is 5.82 Å². The Labute approximate surface area is 146 Å². The van der Waals surface area contributed by atoms with Gasteiger partial charge in [-0.15, -0.1) is 16.8 Å². The molecule has 1 aromatic heterocycles. The molecule has 2 rings (SSSR count). The number of hydrogen-bond donors (Lipinski definition) is 2. The van der Waals surface area contributed by atoms with E-state index in [-0.39, 0.29) is 16.2 Å². The average Bonchev–Trinajstić information content (AvgIpc) is 2.96. The molecule has 1 heterocycles. The predicted molar refractivity (Wildman–Crippen MR) is 94.0 cm³/mol. The molecular weight excluding hydrogens is 359 g/mol. The minimum atomic E-state index is -0.527. The van der Waals surface area contributed by atoms with E-state index in [4.69, 9.17) is 11.6 Å². The maximum atomic E-state index is 13.1. The minimum Gasteiger partial charge on any atom is -0.357 e. The van der Waals surface area contributed by atoms with Gasteiger partial charge in [0.15, 0.2) is 4.34 Å². The highest BCUT2D eigenvalue weighted by Crippen LogP contribution is 2.29. The number of carbonyl (C=O) groups excluding carboxylic acids is 1. The number of halogens is 2. The molecule has 0 aliphatic heterocycles. The average molecular weight is 373 g/mol. The Balaban J connectivity index is 1.92. The fourth-order valence-electron chi connectivity index (χ4n) is 1.51. The Hall–Kier alpha value is -1.64. The highest BCUT2D eigenvalue weighted by Gasteiger charge is 2.17. The summed E-state index contributed by atoms with van der Waals surface area (Å²) in [5.74, 6) is -0.756. The Kier molecular flexibility index (Phi) is 6.37. The van der Waals surface area contributed by atoms with E-state index in [0.717, 1.165) is 0 Å². The molecule has 122 valence electrons. The number of carbonyl (C=O) groups is 1. The first-order valence-corrected chi connectivity index (χ1v) is 8.68. The Morgan fingerprint density at radius 3 is 3.04 bits per heavy atom. The summed E-state index contributed by atoms with van der Waals surface area (Å²) in [6.07, 6.45) is 1.72. The predicted octanol–water partition coefficient (Wildman–Crippen LogP) is 4.05. The van der Waals surface area contributed by atoms with Crippen molar-refractivity contribution < 1.29 is 9.18 Å². The molecule has 0 spiro atoms. The van der Waals surface area contributed by atoms with Gasteiger partial charge in [0, 0.05) is 12.2 Å². The van der Waals surface area contributed by atoms with Crippen molar-refractivity contribution in [2.75, 3.05) is 17.2 Å². The van der Waals surface area contributed by atoms with Crippen LogP contribution in [-0.2, 0) is 4.79 Å². The van der Waals surface area contributed by atoms with Crippen LogP contribution in [0.5, 0.6) is 0 Å². The molecule has 0 fully saturated rings. The highest BCUT2D eigenvalue weighted by atomic mass is 35.5. The number of thioether (sulfide) groups is 1. The largest absolute Gasteiger partial charge is 0.357 e. The molecular formula is C14H14ClFN4OS2. The van der Waals surface area contributed by atoms with Gasteiger partial charge < -0.3 is 10.6 Å². The van der Waals surface area contributed by atoms with Crippen molar-refractivity contribution in [2.45, 2.75) is 16.5 Å². The number of amides is 1. The lowest BCUT2D eigenvalue weighted by atomic mass is 10.3. The number of rotatable bonds is 7. The van der Waals surface area contributed by atoms with Crippen LogP contribution in [0.2, 0.25) is 5.02 Å². The SMILES string of the molecule is C=CCNc1nnc(S[C@H](C)C(=O)Nc2ccc(F)c(Cl)c2)s1. The molecule has 0 bridgehead atoms. The van der Waals surface area contributed by atoms with Gasteiger partial charge in [-0.2, -0.15) is 0 Å². The third kappa shape index (κ3) is 5.19. The summed E-state index contributed by atoms with van der Waals surface area (Å²) in [5.41, 5.74) is 0.444. The summed E-state index contributed by atoms with van der Waals surface area (Å²) >= 11 is 8.34. The van der Waals surface area contributed by atoms with E-state index >= 15 is 0 Å². The van der Waals surface area contributed by atoms with Crippen LogP contribution in [-0.4, -0.2) is 27.9 Å². The lowest BCUT2D eigenvalue weighted by Crippen LogP contribution is -2.22. The summed E-state index contributed by atoms with van der Waals surface area (Å²) in [6, 6.07) is 4.03. The van der Waals surface area contributed by atoms with Gasteiger partial charge in [-0.1, -0.05) is 40.8 Å². The van der Waals surface area contributed by atoms with Crippen molar-refractivity contribution in [1.29, 1.82) is 0 Å². The standard InChI is InChI=1S/C14H14ClFN4OS2/c1-3-6-17-13-19-20-14(23-13)22-8(2)12(21)18-9-4-5-11(16)10(15)7-9/h3-5,7-8H,1,6H2,2H3,(H,17,19)(H,18,21)/t8-/m1/s1. The van der Waals surface area contributed by atoms with Gasteiger partial charge in [0.05, 0.1) is 10.3 Å². The monoisotopic (exact) mass is 372 g/mol. The number of nitrogens with zero attached hydrogens (tertiary/aromatic N) is 2. The molecule has 0 unspecified atom stereocenters. The van der Waals surface area contributed by atoms with Crippen molar-refractivity contribution in [3.8, 4) is 0 Å². The van der Waals surface area contributed by atoms with E-state index in [0.29, 0.717) is 21.7 Å². The van der Waals surface area contributed by atoms with Crippen molar-refractivity contribution in [3.63, 3.8) is 0 Å². The number of hydrogen-bond acceptors (Lipinski definition) is 6. The van der Waals surface area contributed by atoms with Gasteiger partial charge in [-0.05, 0) is 25.1 Å². The van der Waals surface area contributed by atoms with E-state index in [1.165, 1.54) is 41.3 Å². The maximum absolute atomic E-state index is 13.1. The highest BCUT2D eigenvalue weighted by molar-refractivity contribution is 8.02. The van der Waals surface area contributed by atoms with Crippen molar-refractivity contribution in [2.24, 2.45) is 0 Å². The van der Waals surface area contributed by atoms with E-state index in [1.54, 1.807) is 13.0 Å². The van der Waals surface area contributed by atoms with Crippen LogP contribution in [0, 0.1) is 5.82 Å². The number of aromatic nitrogens is 2. The zero-order valence-corrected chi connectivity index (χ0v) is 14.6. The summed E-state index contributed by atoms with van der Waals surface area (Å²) in [6.45, 7) is 5.96. The van der Waals surface area contributed by atoms with Crippen molar-refractivity contribution >= 4 is 51.4 Å². The second-order valence-corrected chi connectivity index (χ2v) is 7.39. The second-order valence-electron chi connectivity index (χ2n) is 4.42. The molecule has 2 N–H and O–H groups in total. The maximum Gasteiger partial charge on any atom is 0.237 e. The normalized spacial score (nSPS) is 11.8. The Bertz CT molecular complexity index is 710. The van der Waals surface area contributed by atoms with Crippen molar-refractivity contribution in [1.82, 2.24) is 10.2 Å². The quantitative estimate of drug-likeness (QED) is 0.567. The first-order valence-electron chi connectivity index (χ1n) is 6.60. The lowest BCUT2D eigenvalue weighted by molar-refractivity contribution is -0.115. The molecule has 1 amide bonds. The van der Waals surface area contributed by atoms with Gasteiger partial charge >= 0.3 is 0 Å². The number of nitrogens with one attached hydrogen (secondary N) is 2. The lowest BCUT2D eigenvalue weighted by Gasteiger charge is -2.10. The van der Waals surface area contributed by atoms with Crippen LogP contribution < -0.4 is 10.6 Å². The fourth-order valence-corrected chi connectivity index (χ4v) is 3.59. The summed E-state index contributed by atoms with van der Waals surface area (Å²) in [4.78, 5) is 12.2. The van der Waals surface area contributed by atoms with Gasteiger partial charge in [-0.25, -0.2) is 4.39 Å². The molecule has 23 heavy (non-hydrogen) atoms. The summed E-state index contributed by atoms with van der Waals surface area (Å²) < 4.78 is 13.8. The second kappa shape index (κ2) is 8.28. The summed E-state index contributed by atoms with van der Waals surface area (Å²) in [7, 11) is 0. The Morgan fingerprint density at radius 1 is 1.57 bits per heavy atom. The van der Waals surface area contributed by atoms with Gasteiger partial charge in [0.25, 0.3) is 0 Å². The van der Waals surface area contributed by atoms with E-state index in [2.05, 4.69) is 27.4 Å². The molecule has 9 heteroatoms. The van der Waals surface area contributed by atoms with Crippen LogP contribution in [0.15, 0.2) is 35.2 Å². The van der Waals surface area contributed by atoms with Gasteiger partial charge in [0.1, 0.15) is 5.82 Å².